The Labute approximate surface area is 197 Å². The molecule has 6 heteroatoms. The molecule has 0 saturated carbocycles. The molecule has 2 aromatic rings. The maximum absolute atomic E-state index is 6.50. The van der Waals surface area contributed by atoms with E-state index in [1.807, 2.05) is 49.4 Å². The average Bonchev–Trinajstić information content (AvgIpc) is 3.21. The molecule has 0 amide bonds. The van der Waals surface area contributed by atoms with Crippen LogP contribution in [-0.4, -0.2) is 41.6 Å². The van der Waals surface area contributed by atoms with E-state index in [-0.39, 0.29) is 6.04 Å². The summed E-state index contributed by atoms with van der Waals surface area (Å²) in [6, 6.07) is 6.24. The highest BCUT2D eigenvalue weighted by atomic mass is 35.5. The number of nitrogens with one attached hydrogen (secondary N) is 1. The van der Waals surface area contributed by atoms with Crippen LogP contribution < -0.4 is 11.1 Å². The number of hydrogen-bond donors (Lipinski definition) is 2. The molecule has 1 saturated heterocycles. The molecule has 172 valence electrons. The number of allylic oxidation sites excluding steroid dienone is 3. The molecular formula is C26H36ClN5. The maximum Gasteiger partial charge on any atom is 0.0946 e. The Hall–Kier alpha value is -2.34. The van der Waals surface area contributed by atoms with Gasteiger partial charge in [0.05, 0.1) is 24.3 Å². The summed E-state index contributed by atoms with van der Waals surface area (Å²) in [6.07, 6.45) is 14.8. The van der Waals surface area contributed by atoms with E-state index < -0.39 is 0 Å². The Kier molecular flexibility index (Phi) is 8.74. The third kappa shape index (κ3) is 5.71. The molecule has 1 aromatic heterocycles. The van der Waals surface area contributed by atoms with Gasteiger partial charge in [-0.05, 0) is 99.4 Å². The lowest BCUT2D eigenvalue weighted by Crippen LogP contribution is -2.33. The average molecular weight is 454 g/mol. The summed E-state index contributed by atoms with van der Waals surface area (Å²) >= 11 is 6.50. The number of benzene rings is 1. The lowest BCUT2D eigenvalue weighted by Gasteiger charge is -2.36. The fourth-order valence-corrected chi connectivity index (χ4v) is 4.98. The van der Waals surface area contributed by atoms with Crippen molar-refractivity contribution < 1.29 is 0 Å². The van der Waals surface area contributed by atoms with Crippen LogP contribution in [-0.2, 0) is 7.05 Å². The van der Waals surface area contributed by atoms with Crippen LogP contribution >= 0.6 is 11.6 Å². The first kappa shape index (κ1) is 24.3. The zero-order valence-electron chi connectivity index (χ0n) is 19.5. The SMILES string of the molecule is C=C(c1cc(Cl)ccc1C(C/C=C\C=C/N)C1CCN(C)CC1)C(NC)c1cncn1C. The van der Waals surface area contributed by atoms with E-state index in [4.69, 9.17) is 17.3 Å². The van der Waals surface area contributed by atoms with Crippen molar-refractivity contribution in [3.8, 4) is 0 Å². The van der Waals surface area contributed by atoms with E-state index in [1.165, 1.54) is 18.4 Å². The number of likely N-dealkylation sites (N-methyl/N-ethyl adjacent to an activating group) is 1. The van der Waals surface area contributed by atoms with Crippen LogP contribution in [0.5, 0.6) is 0 Å². The molecule has 0 radical (unpaired) electrons. The number of likely N-dealkylation sites (tertiary alicyclic amines) is 1. The summed E-state index contributed by atoms with van der Waals surface area (Å²) in [6.45, 7) is 6.79. The van der Waals surface area contributed by atoms with Crippen LogP contribution in [0.3, 0.4) is 0 Å². The molecule has 1 aromatic carbocycles. The van der Waals surface area contributed by atoms with Crippen molar-refractivity contribution in [2.45, 2.75) is 31.2 Å². The van der Waals surface area contributed by atoms with E-state index in [1.54, 1.807) is 6.20 Å². The second-order valence-corrected chi connectivity index (χ2v) is 9.14. The van der Waals surface area contributed by atoms with E-state index >= 15 is 0 Å². The molecule has 2 unspecified atom stereocenters. The van der Waals surface area contributed by atoms with Gasteiger partial charge in [0.25, 0.3) is 0 Å². The largest absolute Gasteiger partial charge is 0.405 e. The van der Waals surface area contributed by atoms with Crippen LogP contribution in [0.1, 0.15) is 48.0 Å². The minimum absolute atomic E-state index is 0.0476. The van der Waals surface area contributed by atoms with Gasteiger partial charge in [-0.1, -0.05) is 36.4 Å². The van der Waals surface area contributed by atoms with Crippen LogP contribution in [0.2, 0.25) is 5.02 Å². The number of aromatic nitrogens is 2. The first-order valence-corrected chi connectivity index (χ1v) is 11.7. The number of rotatable bonds is 9. The quantitative estimate of drug-likeness (QED) is 0.530. The van der Waals surface area contributed by atoms with Gasteiger partial charge in [-0.2, -0.15) is 0 Å². The molecule has 2 heterocycles. The molecular weight excluding hydrogens is 418 g/mol. The van der Waals surface area contributed by atoms with Crippen molar-refractivity contribution in [1.29, 1.82) is 0 Å². The van der Waals surface area contributed by atoms with Crippen LogP contribution in [0.15, 0.2) is 61.7 Å². The standard InChI is InChI=1S/C26H36ClN5/c1-19(26(29-2)25-17-30-18-32(25)4)24-16-21(27)9-10-23(24)22(8-6-5-7-13-28)20-11-14-31(3)15-12-20/h5-7,9-10,13,16-18,20,22,26,29H,1,8,11-12,14-15,28H2,2-4H3/b6-5-,13-7-. The summed E-state index contributed by atoms with van der Waals surface area (Å²) in [5, 5.41) is 4.16. The fourth-order valence-electron chi connectivity index (χ4n) is 4.80. The van der Waals surface area contributed by atoms with Gasteiger partial charge in [-0.3, -0.25) is 0 Å². The summed E-state index contributed by atoms with van der Waals surface area (Å²) < 4.78 is 2.03. The summed E-state index contributed by atoms with van der Waals surface area (Å²) in [5.41, 5.74) is 10.1. The first-order chi connectivity index (χ1) is 15.5. The van der Waals surface area contributed by atoms with Crippen molar-refractivity contribution in [2.24, 2.45) is 18.7 Å². The smallest absolute Gasteiger partial charge is 0.0946 e. The van der Waals surface area contributed by atoms with Crippen molar-refractivity contribution in [1.82, 2.24) is 19.8 Å². The number of nitrogens with zero attached hydrogens (tertiary/aromatic N) is 3. The molecule has 32 heavy (non-hydrogen) atoms. The van der Waals surface area contributed by atoms with Gasteiger partial charge in [0.1, 0.15) is 0 Å². The molecule has 3 N–H and O–H groups in total. The normalized spacial score (nSPS) is 17.9. The number of piperidine rings is 1. The fraction of sp³-hybridized carbons (Fsp3) is 0.423. The molecule has 1 aliphatic rings. The zero-order valence-corrected chi connectivity index (χ0v) is 20.2. The van der Waals surface area contributed by atoms with Crippen LogP contribution in [0.25, 0.3) is 5.57 Å². The third-order valence-electron chi connectivity index (χ3n) is 6.63. The number of imidazole rings is 1. The van der Waals surface area contributed by atoms with Crippen molar-refractivity contribution >= 4 is 17.2 Å². The highest BCUT2D eigenvalue weighted by molar-refractivity contribution is 6.30. The zero-order chi connectivity index (χ0) is 23.1. The summed E-state index contributed by atoms with van der Waals surface area (Å²) in [5.74, 6) is 0.995. The summed E-state index contributed by atoms with van der Waals surface area (Å²) in [7, 11) is 6.18. The van der Waals surface area contributed by atoms with E-state index in [0.29, 0.717) is 11.8 Å². The predicted octanol–water partition coefficient (Wildman–Crippen LogP) is 4.89. The van der Waals surface area contributed by atoms with E-state index in [9.17, 15) is 0 Å². The number of hydrogen-bond acceptors (Lipinski definition) is 4. The third-order valence-corrected chi connectivity index (χ3v) is 6.86. The van der Waals surface area contributed by atoms with Crippen molar-refractivity contribution in [3.63, 3.8) is 0 Å². The van der Waals surface area contributed by atoms with Gasteiger partial charge in [-0.15, -0.1) is 0 Å². The van der Waals surface area contributed by atoms with Crippen LogP contribution in [0.4, 0.5) is 0 Å². The topological polar surface area (TPSA) is 59.1 Å². The van der Waals surface area contributed by atoms with E-state index in [2.05, 4.69) is 47.0 Å². The lowest BCUT2D eigenvalue weighted by atomic mass is 9.75. The molecule has 2 atom stereocenters. The summed E-state index contributed by atoms with van der Waals surface area (Å²) in [4.78, 5) is 6.72. The Bertz CT molecular complexity index is 953. The highest BCUT2D eigenvalue weighted by Gasteiger charge is 2.29. The lowest BCUT2D eigenvalue weighted by molar-refractivity contribution is 0.198. The monoisotopic (exact) mass is 453 g/mol. The maximum atomic E-state index is 6.50. The Morgan fingerprint density at radius 1 is 1.31 bits per heavy atom. The predicted molar refractivity (Wildman–Crippen MR) is 136 cm³/mol. The van der Waals surface area contributed by atoms with Gasteiger partial charge < -0.3 is 20.5 Å². The second-order valence-electron chi connectivity index (χ2n) is 8.70. The molecule has 1 aliphatic heterocycles. The van der Waals surface area contributed by atoms with Gasteiger partial charge >= 0.3 is 0 Å². The molecule has 0 spiro atoms. The van der Waals surface area contributed by atoms with E-state index in [0.717, 1.165) is 41.4 Å². The number of nitrogens with two attached hydrogens (primary N) is 1. The Morgan fingerprint density at radius 2 is 2.06 bits per heavy atom. The van der Waals surface area contributed by atoms with Gasteiger partial charge in [0.15, 0.2) is 0 Å². The van der Waals surface area contributed by atoms with Gasteiger partial charge in [0.2, 0.25) is 0 Å². The minimum Gasteiger partial charge on any atom is -0.405 e. The Morgan fingerprint density at radius 3 is 2.69 bits per heavy atom. The Balaban J connectivity index is 2.01. The molecule has 1 fully saturated rings. The minimum atomic E-state index is -0.0476. The second kappa shape index (κ2) is 11.5. The van der Waals surface area contributed by atoms with Crippen molar-refractivity contribution in [3.05, 3.63) is 83.6 Å². The molecule has 5 nitrogen and oxygen atoms in total. The van der Waals surface area contributed by atoms with Crippen molar-refractivity contribution in [2.75, 3.05) is 27.2 Å². The molecule has 3 rings (SSSR count). The molecule has 0 aliphatic carbocycles. The number of halogens is 1. The number of aryl methyl sites for hydroxylation is 1. The molecule has 0 bridgehead atoms. The van der Waals surface area contributed by atoms with Gasteiger partial charge in [0, 0.05) is 12.1 Å². The van der Waals surface area contributed by atoms with Gasteiger partial charge in [-0.25, -0.2) is 4.98 Å². The van der Waals surface area contributed by atoms with Crippen LogP contribution in [0, 0.1) is 5.92 Å². The first-order valence-electron chi connectivity index (χ1n) is 11.3. The highest BCUT2D eigenvalue weighted by Crippen LogP contribution is 2.41.